The molecule has 1 aliphatic carbocycles. The number of benzene rings is 1. The molecule has 0 aromatic heterocycles. The second kappa shape index (κ2) is 3.08. The van der Waals surface area contributed by atoms with Gasteiger partial charge in [-0.1, -0.05) is 24.6 Å². The number of para-hydroxylation sites is 1. The predicted octanol–water partition coefficient (Wildman–Crippen LogP) is 2.05. The van der Waals surface area contributed by atoms with Gasteiger partial charge in [0.15, 0.2) is 0 Å². The van der Waals surface area contributed by atoms with Crippen molar-refractivity contribution in [1.29, 1.82) is 0 Å². The van der Waals surface area contributed by atoms with Crippen LogP contribution in [0.5, 0.6) is 0 Å². The first-order valence-electron chi connectivity index (χ1n) is 6.17. The Morgan fingerprint density at radius 2 is 2.07 bits per heavy atom. The molecule has 15 heavy (non-hydrogen) atoms. The number of hydrogen-bond donors (Lipinski definition) is 1. The summed E-state index contributed by atoms with van der Waals surface area (Å²) in [5.41, 5.74) is 3.62. The molecule has 1 N–H and O–H groups in total. The van der Waals surface area contributed by atoms with Gasteiger partial charge in [0.05, 0.1) is 12.5 Å². The molecule has 0 bridgehead atoms. The van der Waals surface area contributed by atoms with Crippen molar-refractivity contribution in [2.75, 3.05) is 7.05 Å². The first kappa shape index (κ1) is 9.41. The average Bonchev–Trinajstić information content (AvgIpc) is 2.50. The summed E-state index contributed by atoms with van der Waals surface area (Å²) in [5.74, 6) is 0. The first-order chi connectivity index (χ1) is 7.23. The summed E-state index contributed by atoms with van der Waals surface area (Å²) >= 11 is 0. The summed E-state index contributed by atoms with van der Waals surface area (Å²) in [6, 6.07) is 9.87. The van der Waals surface area contributed by atoms with Crippen molar-refractivity contribution >= 4 is 5.69 Å². The highest BCUT2D eigenvalue weighted by atomic mass is 15.2. The van der Waals surface area contributed by atoms with Crippen LogP contribution in [0.25, 0.3) is 0 Å². The van der Waals surface area contributed by atoms with E-state index in [4.69, 9.17) is 0 Å². The molecule has 0 amide bonds. The van der Waals surface area contributed by atoms with E-state index in [9.17, 15) is 0 Å². The molecule has 2 aliphatic rings. The summed E-state index contributed by atoms with van der Waals surface area (Å²) in [5, 5.41) is 0. The average molecular weight is 202 g/mol. The lowest BCUT2D eigenvalue weighted by atomic mass is 9.69. The SMILES string of the molecule is C[NH+]1c2ccccc2[C@@]2(C)CCCCC12. The van der Waals surface area contributed by atoms with Gasteiger partial charge in [-0.2, -0.15) is 0 Å². The number of quaternary nitrogens is 1. The van der Waals surface area contributed by atoms with Crippen LogP contribution >= 0.6 is 0 Å². The van der Waals surface area contributed by atoms with E-state index in [2.05, 4.69) is 38.2 Å². The standard InChI is InChI=1S/C14H19N/c1-14-10-6-5-9-13(14)15(2)12-8-4-3-7-11(12)14/h3-4,7-8,13H,5-6,9-10H2,1-2H3/p+1/t13?,14-/m1/s1. The Balaban J connectivity index is 2.15. The van der Waals surface area contributed by atoms with Gasteiger partial charge in [0, 0.05) is 12.0 Å². The molecule has 80 valence electrons. The normalized spacial score (nSPS) is 38.5. The van der Waals surface area contributed by atoms with Gasteiger partial charge in [-0.05, 0) is 25.8 Å². The number of hydrogen-bond acceptors (Lipinski definition) is 0. The van der Waals surface area contributed by atoms with Gasteiger partial charge >= 0.3 is 0 Å². The highest BCUT2D eigenvalue weighted by Gasteiger charge is 2.51. The molecule has 1 fully saturated rings. The lowest BCUT2D eigenvalue weighted by Crippen LogP contribution is -3.08. The van der Waals surface area contributed by atoms with Crippen molar-refractivity contribution in [1.82, 2.24) is 0 Å². The summed E-state index contributed by atoms with van der Waals surface area (Å²) in [6.07, 6.45) is 5.61. The summed E-state index contributed by atoms with van der Waals surface area (Å²) < 4.78 is 0. The fourth-order valence-corrected chi connectivity index (χ4v) is 3.86. The smallest absolute Gasteiger partial charge is 0.135 e. The van der Waals surface area contributed by atoms with Crippen molar-refractivity contribution < 1.29 is 4.90 Å². The second-order valence-electron chi connectivity index (χ2n) is 5.44. The zero-order valence-corrected chi connectivity index (χ0v) is 9.72. The van der Waals surface area contributed by atoms with E-state index in [-0.39, 0.29) is 0 Å². The third-order valence-electron chi connectivity index (χ3n) is 4.70. The Labute approximate surface area is 92.1 Å². The second-order valence-corrected chi connectivity index (χ2v) is 5.44. The Hall–Kier alpha value is -0.820. The lowest BCUT2D eigenvalue weighted by Gasteiger charge is -2.35. The molecule has 1 aromatic rings. The minimum absolute atomic E-state index is 0.457. The molecule has 1 aliphatic heterocycles. The van der Waals surface area contributed by atoms with Crippen LogP contribution in [0.4, 0.5) is 5.69 Å². The highest BCUT2D eigenvalue weighted by Crippen LogP contribution is 2.44. The molecule has 3 atom stereocenters. The molecule has 2 unspecified atom stereocenters. The lowest BCUT2D eigenvalue weighted by molar-refractivity contribution is -0.838. The van der Waals surface area contributed by atoms with Gasteiger partial charge in [-0.3, -0.25) is 0 Å². The van der Waals surface area contributed by atoms with E-state index in [0.717, 1.165) is 6.04 Å². The van der Waals surface area contributed by atoms with Gasteiger partial charge in [0.25, 0.3) is 0 Å². The van der Waals surface area contributed by atoms with E-state index >= 15 is 0 Å². The van der Waals surface area contributed by atoms with Gasteiger partial charge in [0.2, 0.25) is 0 Å². The fourth-order valence-electron chi connectivity index (χ4n) is 3.86. The van der Waals surface area contributed by atoms with Crippen LogP contribution in [0.1, 0.15) is 38.2 Å². The molecular formula is C14H20N+. The van der Waals surface area contributed by atoms with Gasteiger partial charge in [0.1, 0.15) is 11.7 Å². The number of fused-ring (bicyclic) bond motifs is 3. The quantitative estimate of drug-likeness (QED) is 0.657. The zero-order chi connectivity index (χ0) is 10.5. The summed E-state index contributed by atoms with van der Waals surface area (Å²) in [7, 11) is 2.35. The third kappa shape index (κ3) is 1.13. The van der Waals surface area contributed by atoms with Crippen LogP contribution in [0.2, 0.25) is 0 Å². The Morgan fingerprint density at radius 3 is 2.93 bits per heavy atom. The van der Waals surface area contributed by atoms with Crippen LogP contribution in [-0.2, 0) is 5.41 Å². The van der Waals surface area contributed by atoms with Crippen molar-refractivity contribution in [2.45, 2.75) is 44.1 Å². The van der Waals surface area contributed by atoms with E-state index in [0.29, 0.717) is 5.41 Å². The predicted molar refractivity (Wildman–Crippen MR) is 62.6 cm³/mol. The van der Waals surface area contributed by atoms with Crippen molar-refractivity contribution in [2.24, 2.45) is 0 Å². The molecule has 0 radical (unpaired) electrons. The maximum absolute atomic E-state index is 2.48. The topological polar surface area (TPSA) is 4.44 Å². The Morgan fingerprint density at radius 1 is 1.27 bits per heavy atom. The van der Waals surface area contributed by atoms with Gasteiger partial charge in [-0.15, -0.1) is 0 Å². The van der Waals surface area contributed by atoms with Crippen LogP contribution < -0.4 is 4.90 Å². The third-order valence-corrected chi connectivity index (χ3v) is 4.70. The minimum Gasteiger partial charge on any atom is -0.302 e. The molecule has 1 heterocycles. The van der Waals surface area contributed by atoms with Crippen molar-refractivity contribution in [3.8, 4) is 0 Å². The molecule has 1 nitrogen and oxygen atoms in total. The van der Waals surface area contributed by atoms with Gasteiger partial charge in [-0.25, -0.2) is 0 Å². The molecular weight excluding hydrogens is 182 g/mol. The fraction of sp³-hybridized carbons (Fsp3) is 0.571. The number of likely N-dealkylation sites (N-methyl/N-ethyl adjacent to an activating group) is 1. The summed E-state index contributed by atoms with van der Waals surface area (Å²) in [4.78, 5) is 1.65. The molecule has 1 saturated carbocycles. The minimum atomic E-state index is 0.457. The van der Waals surface area contributed by atoms with Crippen molar-refractivity contribution in [3.63, 3.8) is 0 Å². The van der Waals surface area contributed by atoms with Gasteiger partial charge < -0.3 is 4.90 Å². The molecule has 3 rings (SSSR count). The maximum atomic E-state index is 2.48. The van der Waals surface area contributed by atoms with Crippen LogP contribution in [0, 0.1) is 0 Å². The monoisotopic (exact) mass is 202 g/mol. The molecule has 1 heteroatoms. The molecule has 0 spiro atoms. The first-order valence-corrected chi connectivity index (χ1v) is 6.17. The maximum Gasteiger partial charge on any atom is 0.135 e. The van der Waals surface area contributed by atoms with Crippen LogP contribution in [0.15, 0.2) is 24.3 Å². The van der Waals surface area contributed by atoms with Crippen molar-refractivity contribution in [3.05, 3.63) is 29.8 Å². The van der Waals surface area contributed by atoms with E-state index in [1.165, 1.54) is 25.7 Å². The highest BCUT2D eigenvalue weighted by molar-refractivity contribution is 5.48. The Kier molecular flexibility index (Phi) is 1.93. The van der Waals surface area contributed by atoms with E-state index in [1.54, 1.807) is 16.2 Å². The number of nitrogens with one attached hydrogen (secondary N) is 1. The zero-order valence-electron chi connectivity index (χ0n) is 9.72. The molecule has 0 saturated heterocycles. The Bertz CT molecular complexity index is 385. The van der Waals surface area contributed by atoms with Crippen LogP contribution in [-0.4, -0.2) is 13.1 Å². The number of rotatable bonds is 0. The summed E-state index contributed by atoms with van der Waals surface area (Å²) in [6.45, 7) is 2.48. The largest absolute Gasteiger partial charge is 0.302 e. The van der Waals surface area contributed by atoms with E-state index in [1.807, 2.05) is 0 Å². The van der Waals surface area contributed by atoms with E-state index < -0.39 is 0 Å². The molecule has 1 aromatic carbocycles. The van der Waals surface area contributed by atoms with Crippen LogP contribution in [0.3, 0.4) is 0 Å².